The van der Waals surface area contributed by atoms with Crippen LogP contribution in [0, 0.1) is 10.1 Å². The van der Waals surface area contributed by atoms with E-state index in [1.807, 2.05) is 0 Å². The van der Waals surface area contributed by atoms with Crippen molar-refractivity contribution in [3.8, 4) is 0 Å². The average molecular weight is 131 g/mol. The van der Waals surface area contributed by atoms with Crippen molar-refractivity contribution in [1.29, 1.82) is 0 Å². The van der Waals surface area contributed by atoms with Crippen molar-refractivity contribution >= 4 is 0 Å². The van der Waals surface area contributed by atoms with Gasteiger partial charge in [0.2, 0.25) is 0 Å². The predicted octanol–water partition coefficient (Wildman–Crippen LogP) is -0.240. The third kappa shape index (κ3) is 1.98. The number of allylic oxidation sites excluding steroid dienone is 1. The molecule has 4 N–H and O–H groups in total. The van der Waals surface area contributed by atoms with Crippen LogP contribution >= 0.6 is 0 Å². The molecule has 0 spiro atoms. The van der Waals surface area contributed by atoms with E-state index in [4.69, 9.17) is 11.5 Å². The predicted molar refractivity (Wildman–Crippen MR) is 32.7 cm³/mol. The van der Waals surface area contributed by atoms with Gasteiger partial charge in [0.25, 0.3) is 5.70 Å². The first-order chi connectivity index (χ1) is 4.09. The van der Waals surface area contributed by atoms with E-state index >= 15 is 0 Å². The van der Waals surface area contributed by atoms with E-state index in [1.54, 1.807) is 6.92 Å². The maximum atomic E-state index is 9.96. The first-order valence-electron chi connectivity index (χ1n) is 2.48. The molecule has 0 aliphatic rings. The Bertz CT molecular complexity index is 148. The molecule has 0 fully saturated rings. The second-order valence-corrected chi connectivity index (χ2v) is 1.51. The van der Waals surface area contributed by atoms with Gasteiger partial charge < -0.3 is 11.5 Å². The summed E-state index contributed by atoms with van der Waals surface area (Å²) in [6.07, 6.45) is 0.259. The number of nitrogens with zero attached hydrogens (tertiary/aromatic N) is 1. The molecule has 0 rings (SSSR count). The van der Waals surface area contributed by atoms with Crippen molar-refractivity contribution in [1.82, 2.24) is 0 Å². The van der Waals surface area contributed by atoms with E-state index in [2.05, 4.69) is 0 Å². The van der Waals surface area contributed by atoms with Gasteiger partial charge in [-0.05, 0) is 0 Å². The Morgan fingerprint density at radius 2 is 2.11 bits per heavy atom. The minimum Gasteiger partial charge on any atom is -0.380 e. The van der Waals surface area contributed by atoms with E-state index in [1.165, 1.54) is 0 Å². The van der Waals surface area contributed by atoms with Crippen molar-refractivity contribution in [3.63, 3.8) is 0 Å². The van der Waals surface area contributed by atoms with Crippen molar-refractivity contribution < 1.29 is 4.92 Å². The van der Waals surface area contributed by atoms with Crippen LogP contribution in [0.5, 0.6) is 0 Å². The molecular weight excluding hydrogens is 122 g/mol. The van der Waals surface area contributed by atoms with Gasteiger partial charge in [0.1, 0.15) is 0 Å². The van der Waals surface area contributed by atoms with Crippen molar-refractivity contribution in [2.75, 3.05) is 0 Å². The van der Waals surface area contributed by atoms with Gasteiger partial charge in [-0.15, -0.1) is 0 Å². The molecule has 0 bridgehead atoms. The summed E-state index contributed by atoms with van der Waals surface area (Å²) < 4.78 is 0. The number of hydrogen-bond acceptors (Lipinski definition) is 4. The summed E-state index contributed by atoms with van der Waals surface area (Å²) in [6, 6.07) is 0. The lowest BCUT2D eigenvalue weighted by atomic mass is 10.3. The monoisotopic (exact) mass is 131 g/mol. The lowest BCUT2D eigenvalue weighted by Crippen LogP contribution is -2.16. The van der Waals surface area contributed by atoms with Gasteiger partial charge in [-0.25, -0.2) is 0 Å². The van der Waals surface area contributed by atoms with Gasteiger partial charge in [-0.1, -0.05) is 6.92 Å². The van der Waals surface area contributed by atoms with Crippen LogP contribution in [0.4, 0.5) is 0 Å². The molecule has 0 atom stereocenters. The number of hydrogen-bond donors (Lipinski definition) is 2. The highest BCUT2D eigenvalue weighted by molar-refractivity contribution is 4.97. The molecule has 5 heteroatoms. The summed E-state index contributed by atoms with van der Waals surface area (Å²) in [7, 11) is 0. The molecule has 0 saturated heterocycles. The highest BCUT2D eigenvalue weighted by Crippen LogP contribution is 1.99. The number of nitrogens with two attached hydrogens (primary N) is 2. The Morgan fingerprint density at radius 3 is 2.11 bits per heavy atom. The van der Waals surface area contributed by atoms with Crippen LogP contribution in [0.25, 0.3) is 0 Å². The minimum atomic E-state index is -0.574. The fraction of sp³-hybridized carbons (Fsp3) is 0.500. The fourth-order valence-electron chi connectivity index (χ4n) is 0.439. The van der Waals surface area contributed by atoms with Crippen LogP contribution in [-0.2, 0) is 0 Å². The van der Waals surface area contributed by atoms with E-state index in [9.17, 15) is 10.1 Å². The van der Waals surface area contributed by atoms with Crippen LogP contribution in [0.3, 0.4) is 0 Å². The molecule has 0 aromatic heterocycles. The third-order valence-corrected chi connectivity index (χ3v) is 0.889. The molecule has 0 aromatic rings. The molecule has 0 saturated carbocycles. The van der Waals surface area contributed by atoms with Crippen LogP contribution in [0.15, 0.2) is 11.5 Å². The molecule has 0 unspecified atom stereocenters. The van der Waals surface area contributed by atoms with Gasteiger partial charge in [-0.3, -0.25) is 10.1 Å². The van der Waals surface area contributed by atoms with Crippen LogP contribution in [0.1, 0.15) is 13.3 Å². The smallest absolute Gasteiger partial charge is 0.285 e. The van der Waals surface area contributed by atoms with Crippen molar-refractivity contribution in [2.24, 2.45) is 11.5 Å². The molecule has 52 valence electrons. The van der Waals surface area contributed by atoms with Crippen LogP contribution in [0.2, 0.25) is 0 Å². The average Bonchev–Trinajstić information content (AvgIpc) is 1.64. The standard InChI is InChI=1S/C4H9N3O2/c1-2-3(4(5)6)7(8)9/h2,5-6H2,1H3. The maximum Gasteiger partial charge on any atom is 0.285 e. The first-order valence-corrected chi connectivity index (χ1v) is 2.48. The summed E-state index contributed by atoms with van der Waals surface area (Å²) in [5, 5.41) is 9.96. The fourth-order valence-corrected chi connectivity index (χ4v) is 0.439. The summed E-state index contributed by atoms with van der Waals surface area (Å²) in [6.45, 7) is 1.62. The second kappa shape index (κ2) is 2.91. The van der Waals surface area contributed by atoms with Crippen LogP contribution in [-0.4, -0.2) is 4.92 Å². The van der Waals surface area contributed by atoms with E-state index < -0.39 is 4.92 Å². The summed E-state index contributed by atoms with van der Waals surface area (Å²) >= 11 is 0. The molecule has 5 nitrogen and oxygen atoms in total. The van der Waals surface area contributed by atoms with Gasteiger partial charge in [0, 0.05) is 6.42 Å². The van der Waals surface area contributed by atoms with Crippen molar-refractivity contribution in [3.05, 3.63) is 21.6 Å². The maximum absolute atomic E-state index is 9.96. The normalized spacial score (nSPS) is 8.56. The Labute approximate surface area is 52.5 Å². The highest BCUT2D eigenvalue weighted by Gasteiger charge is 2.09. The molecule has 0 aliphatic heterocycles. The molecule has 9 heavy (non-hydrogen) atoms. The Balaban J connectivity index is 4.35. The van der Waals surface area contributed by atoms with Crippen molar-refractivity contribution in [2.45, 2.75) is 13.3 Å². The number of rotatable bonds is 2. The molecule has 0 aromatic carbocycles. The lowest BCUT2D eigenvalue weighted by Gasteiger charge is -1.93. The zero-order chi connectivity index (χ0) is 7.44. The minimum absolute atomic E-state index is 0.116. The molecule has 0 radical (unpaired) electrons. The Kier molecular flexibility index (Phi) is 2.50. The lowest BCUT2D eigenvalue weighted by molar-refractivity contribution is -0.428. The largest absolute Gasteiger partial charge is 0.380 e. The van der Waals surface area contributed by atoms with E-state index in [0.717, 1.165) is 0 Å². The summed E-state index contributed by atoms with van der Waals surface area (Å²) in [4.78, 5) is 9.39. The molecule has 0 heterocycles. The molecular formula is C4H9N3O2. The topological polar surface area (TPSA) is 95.2 Å². The highest BCUT2D eigenvalue weighted by atomic mass is 16.6. The molecule has 0 aliphatic carbocycles. The Morgan fingerprint density at radius 1 is 1.67 bits per heavy atom. The van der Waals surface area contributed by atoms with E-state index in [0.29, 0.717) is 0 Å². The molecule has 0 amide bonds. The SMILES string of the molecule is CCC(=C(N)N)[N+](=O)[O-]. The second-order valence-electron chi connectivity index (χ2n) is 1.51. The number of nitro groups is 1. The van der Waals surface area contributed by atoms with Gasteiger partial charge in [0.15, 0.2) is 5.82 Å². The van der Waals surface area contributed by atoms with Crippen LogP contribution < -0.4 is 11.5 Å². The van der Waals surface area contributed by atoms with Gasteiger partial charge in [0.05, 0.1) is 4.92 Å². The van der Waals surface area contributed by atoms with E-state index in [-0.39, 0.29) is 17.9 Å². The summed E-state index contributed by atoms with van der Waals surface area (Å²) in [5.41, 5.74) is 9.81. The van der Waals surface area contributed by atoms with Gasteiger partial charge in [-0.2, -0.15) is 0 Å². The Hall–Kier alpha value is -1.26. The zero-order valence-corrected chi connectivity index (χ0v) is 5.13. The zero-order valence-electron chi connectivity index (χ0n) is 5.13. The van der Waals surface area contributed by atoms with Gasteiger partial charge >= 0.3 is 0 Å². The quantitative estimate of drug-likeness (QED) is 0.399. The first kappa shape index (κ1) is 7.74. The third-order valence-electron chi connectivity index (χ3n) is 0.889. The summed E-state index contributed by atoms with van der Waals surface area (Å²) in [5.74, 6) is -0.206.